The summed E-state index contributed by atoms with van der Waals surface area (Å²) >= 11 is 0. The van der Waals surface area contributed by atoms with Crippen LogP contribution in [0, 0.1) is 6.92 Å². The molecular formula is C10H17ClN4O. The van der Waals surface area contributed by atoms with E-state index in [1.807, 2.05) is 18.7 Å². The molecule has 1 amide bonds. The molecule has 16 heavy (non-hydrogen) atoms. The Labute approximate surface area is 101 Å². The van der Waals surface area contributed by atoms with Gasteiger partial charge in [-0.25, -0.2) is 0 Å². The molecule has 0 bridgehead atoms. The molecule has 1 unspecified atom stereocenters. The first-order valence-corrected chi connectivity index (χ1v) is 5.22. The molecule has 90 valence electrons. The van der Waals surface area contributed by atoms with Gasteiger partial charge in [0, 0.05) is 31.4 Å². The molecule has 2 rings (SSSR count). The highest BCUT2D eigenvalue weighted by molar-refractivity contribution is 5.92. The summed E-state index contributed by atoms with van der Waals surface area (Å²) in [4.78, 5) is 13.9. The second kappa shape index (κ2) is 5.32. The summed E-state index contributed by atoms with van der Waals surface area (Å²) < 4.78 is 0. The first kappa shape index (κ1) is 13.0. The molecule has 1 aromatic heterocycles. The van der Waals surface area contributed by atoms with Crippen LogP contribution in [-0.4, -0.2) is 46.7 Å². The van der Waals surface area contributed by atoms with E-state index in [0.717, 1.165) is 25.3 Å². The van der Waals surface area contributed by atoms with Crippen LogP contribution >= 0.6 is 12.4 Å². The van der Waals surface area contributed by atoms with E-state index >= 15 is 0 Å². The zero-order chi connectivity index (χ0) is 10.8. The number of carbonyl (C=O) groups excluding carboxylic acids is 1. The Morgan fingerprint density at radius 2 is 2.38 bits per heavy atom. The average molecular weight is 245 g/mol. The summed E-state index contributed by atoms with van der Waals surface area (Å²) in [7, 11) is 0. The Balaban J connectivity index is 0.00000128. The zero-order valence-corrected chi connectivity index (χ0v) is 10.3. The number of halogens is 1. The third-order valence-corrected chi connectivity index (χ3v) is 2.69. The van der Waals surface area contributed by atoms with Crippen LogP contribution in [0.1, 0.15) is 23.1 Å². The van der Waals surface area contributed by atoms with E-state index in [4.69, 9.17) is 0 Å². The number of H-pyrrole nitrogens is 1. The minimum absolute atomic E-state index is 0. The molecule has 5 nitrogen and oxygen atoms in total. The number of hydrogen-bond acceptors (Lipinski definition) is 3. The first-order chi connectivity index (χ1) is 7.18. The number of carbonyl (C=O) groups is 1. The van der Waals surface area contributed by atoms with E-state index in [0.29, 0.717) is 5.69 Å². The van der Waals surface area contributed by atoms with Gasteiger partial charge in [-0.05, 0) is 19.9 Å². The second-order valence-corrected chi connectivity index (χ2v) is 3.99. The largest absolute Gasteiger partial charge is 0.332 e. The number of piperazine rings is 1. The lowest BCUT2D eigenvalue weighted by molar-refractivity contribution is 0.0649. The Morgan fingerprint density at radius 1 is 1.62 bits per heavy atom. The van der Waals surface area contributed by atoms with Crippen LogP contribution in [0.15, 0.2) is 6.07 Å². The molecule has 2 N–H and O–H groups in total. The summed E-state index contributed by atoms with van der Waals surface area (Å²) in [6, 6.07) is 2.03. The maximum Gasteiger partial charge on any atom is 0.274 e. The SMILES string of the molecule is Cc1cc(C(=O)N2CCNCC2C)n[nH]1.Cl. The monoisotopic (exact) mass is 244 g/mol. The van der Waals surface area contributed by atoms with Crippen LogP contribution in [0.5, 0.6) is 0 Å². The quantitative estimate of drug-likeness (QED) is 0.760. The van der Waals surface area contributed by atoms with E-state index < -0.39 is 0 Å². The number of aromatic nitrogens is 2. The fraction of sp³-hybridized carbons (Fsp3) is 0.600. The maximum atomic E-state index is 12.0. The van der Waals surface area contributed by atoms with Crippen molar-refractivity contribution in [2.75, 3.05) is 19.6 Å². The average Bonchev–Trinajstić information content (AvgIpc) is 2.65. The van der Waals surface area contributed by atoms with Crippen LogP contribution in [-0.2, 0) is 0 Å². The summed E-state index contributed by atoms with van der Waals surface area (Å²) in [5, 5.41) is 10.0. The van der Waals surface area contributed by atoms with Gasteiger partial charge in [0.15, 0.2) is 0 Å². The number of aromatic amines is 1. The van der Waals surface area contributed by atoms with Crippen molar-refractivity contribution < 1.29 is 4.79 Å². The van der Waals surface area contributed by atoms with Crippen LogP contribution in [0.2, 0.25) is 0 Å². The number of aryl methyl sites for hydroxylation is 1. The maximum absolute atomic E-state index is 12.0. The Hall–Kier alpha value is -1.07. The van der Waals surface area contributed by atoms with Gasteiger partial charge in [-0.3, -0.25) is 9.89 Å². The molecule has 0 aromatic carbocycles. The zero-order valence-electron chi connectivity index (χ0n) is 9.49. The molecule has 6 heteroatoms. The van der Waals surface area contributed by atoms with Crippen molar-refractivity contribution in [1.82, 2.24) is 20.4 Å². The van der Waals surface area contributed by atoms with Crippen molar-refractivity contribution in [2.45, 2.75) is 19.9 Å². The number of nitrogens with zero attached hydrogens (tertiary/aromatic N) is 2. The van der Waals surface area contributed by atoms with Crippen molar-refractivity contribution >= 4 is 18.3 Å². The Morgan fingerprint density at radius 3 is 2.94 bits per heavy atom. The molecule has 1 aromatic rings. The number of hydrogen-bond donors (Lipinski definition) is 2. The Kier molecular flexibility index (Phi) is 4.32. The standard InChI is InChI=1S/C10H16N4O.ClH/c1-7-5-9(13-12-7)10(15)14-4-3-11-6-8(14)2;/h5,8,11H,3-4,6H2,1-2H3,(H,12,13);1H. The van der Waals surface area contributed by atoms with E-state index in [1.165, 1.54) is 0 Å². The first-order valence-electron chi connectivity index (χ1n) is 5.22. The van der Waals surface area contributed by atoms with Gasteiger partial charge >= 0.3 is 0 Å². The highest BCUT2D eigenvalue weighted by Gasteiger charge is 2.25. The summed E-state index contributed by atoms with van der Waals surface area (Å²) in [6.07, 6.45) is 0. The van der Waals surface area contributed by atoms with Crippen LogP contribution in [0.4, 0.5) is 0 Å². The van der Waals surface area contributed by atoms with Gasteiger partial charge in [-0.1, -0.05) is 0 Å². The predicted octanol–water partition coefficient (Wildman–Crippen LogP) is 0.574. The lowest BCUT2D eigenvalue weighted by Gasteiger charge is -2.33. The third kappa shape index (κ3) is 2.54. The lowest BCUT2D eigenvalue weighted by Crippen LogP contribution is -2.52. The smallest absolute Gasteiger partial charge is 0.274 e. The van der Waals surface area contributed by atoms with Crippen molar-refractivity contribution in [3.05, 3.63) is 17.5 Å². The summed E-state index contributed by atoms with van der Waals surface area (Å²) in [5.74, 6) is 0.0216. The van der Waals surface area contributed by atoms with Gasteiger partial charge in [0.2, 0.25) is 0 Å². The minimum atomic E-state index is 0. The molecule has 0 saturated carbocycles. The highest BCUT2D eigenvalue weighted by atomic mass is 35.5. The molecule has 1 atom stereocenters. The number of rotatable bonds is 1. The fourth-order valence-electron chi connectivity index (χ4n) is 1.82. The normalized spacial score (nSPS) is 20.4. The molecule has 1 aliphatic heterocycles. The minimum Gasteiger partial charge on any atom is -0.332 e. The van der Waals surface area contributed by atoms with Gasteiger partial charge in [-0.15, -0.1) is 12.4 Å². The second-order valence-electron chi connectivity index (χ2n) is 3.99. The highest BCUT2D eigenvalue weighted by Crippen LogP contribution is 2.09. The number of amides is 1. The van der Waals surface area contributed by atoms with Gasteiger partial charge < -0.3 is 10.2 Å². The summed E-state index contributed by atoms with van der Waals surface area (Å²) in [6.45, 7) is 6.41. The van der Waals surface area contributed by atoms with Crippen molar-refractivity contribution in [3.63, 3.8) is 0 Å². The van der Waals surface area contributed by atoms with E-state index in [2.05, 4.69) is 15.5 Å². The van der Waals surface area contributed by atoms with Crippen LogP contribution in [0.25, 0.3) is 0 Å². The van der Waals surface area contributed by atoms with Gasteiger partial charge in [-0.2, -0.15) is 5.10 Å². The lowest BCUT2D eigenvalue weighted by atomic mass is 10.2. The summed E-state index contributed by atoms with van der Waals surface area (Å²) in [5.41, 5.74) is 1.43. The fourth-order valence-corrected chi connectivity index (χ4v) is 1.82. The van der Waals surface area contributed by atoms with E-state index in [-0.39, 0.29) is 24.4 Å². The van der Waals surface area contributed by atoms with E-state index in [9.17, 15) is 4.79 Å². The number of nitrogens with one attached hydrogen (secondary N) is 2. The molecule has 1 aliphatic rings. The van der Waals surface area contributed by atoms with Gasteiger partial charge in [0.05, 0.1) is 0 Å². The Bertz CT molecular complexity index is 365. The molecule has 0 radical (unpaired) electrons. The van der Waals surface area contributed by atoms with Crippen molar-refractivity contribution in [3.8, 4) is 0 Å². The van der Waals surface area contributed by atoms with Crippen LogP contribution in [0.3, 0.4) is 0 Å². The predicted molar refractivity (Wildman–Crippen MR) is 63.9 cm³/mol. The molecule has 0 aliphatic carbocycles. The molecule has 1 saturated heterocycles. The molecular weight excluding hydrogens is 228 g/mol. The van der Waals surface area contributed by atoms with Gasteiger partial charge in [0.1, 0.15) is 5.69 Å². The van der Waals surface area contributed by atoms with E-state index in [1.54, 1.807) is 6.07 Å². The molecule has 0 spiro atoms. The van der Waals surface area contributed by atoms with Gasteiger partial charge in [0.25, 0.3) is 5.91 Å². The van der Waals surface area contributed by atoms with Crippen molar-refractivity contribution in [2.24, 2.45) is 0 Å². The third-order valence-electron chi connectivity index (χ3n) is 2.69. The molecule has 1 fully saturated rings. The topological polar surface area (TPSA) is 61.0 Å². The molecule has 2 heterocycles. The van der Waals surface area contributed by atoms with Crippen LogP contribution < -0.4 is 5.32 Å². The van der Waals surface area contributed by atoms with Crippen molar-refractivity contribution in [1.29, 1.82) is 0 Å².